The molecule has 0 saturated heterocycles. The van der Waals surface area contributed by atoms with Gasteiger partial charge in [0.2, 0.25) is 0 Å². The van der Waals surface area contributed by atoms with Crippen molar-refractivity contribution in [3.63, 3.8) is 0 Å². The number of carbonyl (C=O) groups is 1. The zero-order valence-corrected chi connectivity index (χ0v) is 14.6. The number of halogens is 1. The zero-order valence-electron chi connectivity index (χ0n) is 13.8. The van der Waals surface area contributed by atoms with Crippen LogP contribution in [0.4, 0.5) is 0 Å². The van der Waals surface area contributed by atoms with Gasteiger partial charge in [0, 0.05) is 0 Å². The van der Waals surface area contributed by atoms with Gasteiger partial charge in [-0.2, -0.15) is 0 Å². The van der Waals surface area contributed by atoms with Crippen molar-refractivity contribution in [2.45, 2.75) is 18.9 Å². The van der Waals surface area contributed by atoms with Crippen molar-refractivity contribution < 1.29 is 15.0 Å². The van der Waals surface area contributed by atoms with Crippen LogP contribution in [0.2, 0.25) is 0 Å². The Morgan fingerprint density at radius 1 is 1.12 bits per heavy atom. The van der Waals surface area contributed by atoms with Crippen molar-refractivity contribution >= 4 is 18.4 Å². The first kappa shape index (κ1) is 20.5. The molecule has 0 aromatic heterocycles. The summed E-state index contributed by atoms with van der Waals surface area (Å²) in [5.74, 6) is -0.900. The normalized spacial score (nSPS) is 11.2. The summed E-state index contributed by atoms with van der Waals surface area (Å²) in [5, 5.41) is 19.2. The van der Waals surface area contributed by atoms with Crippen molar-refractivity contribution in [1.82, 2.24) is 0 Å². The van der Waals surface area contributed by atoms with Gasteiger partial charge in [0.1, 0.15) is 11.8 Å². The molecule has 0 spiro atoms. The summed E-state index contributed by atoms with van der Waals surface area (Å²) >= 11 is 0. The summed E-state index contributed by atoms with van der Waals surface area (Å²) in [6.07, 6.45) is 4.69. The molecule has 0 saturated carbocycles. The molecule has 0 aliphatic heterocycles. The summed E-state index contributed by atoms with van der Waals surface area (Å²) in [6.45, 7) is 7.42. The molecule has 2 aromatic rings. The summed E-state index contributed by atoms with van der Waals surface area (Å²) in [7, 11) is 0. The number of aliphatic carboxylic acids is 1. The molecule has 0 bridgehead atoms. The number of aromatic hydroxyl groups is 1. The maximum Gasteiger partial charge on any atom is 0.325 e. The van der Waals surface area contributed by atoms with Crippen molar-refractivity contribution in [3.8, 4) is 16.9 Å². The topological polar surface area (TPSA) is 83.6 Å². The number of phenols is 1. The summed E-state index contributed by atoms with van der Waals surface area (Å²) in [5.41, 5.74) is 9.67. The molecule has 0 fully saturated rings. The highest BCUT2D eigenvalue weighted by molar-refractivity contribution is 5.85. The number of nitrogens with two attached hydrogens (primary N) is 1. The van der Waals surface area contributed by atoms with Gasteiger partial charge in [-0.3, -0.25) is 4.79 Å². The van der Waals surface area contributed by atoms with Gasteiger partial charge in [0.05, 0.1) is 0 Å². The SMILES string of the molecule is C=CCc1ccc(C(N)C(=O)O)c(-c2ccc(O)c(CC=C)c2)c1.Cl. The van der Waals surface area contributed by atoms with Crippen LogP contribution < -0.4 is 5.73 Å². The Morgan fingerprint density at radius 2 is 1.80 bits per heavy atom. The lowest BCUT2D eigenvalue weighted by molar-refractivity contribution is -0.138. The van der Waals surface area contributed by atoms with Gasteiger partial charge in [-0.1, -0.05) is 36.4 Å². The molecule has 5 heteroatoms. The number of carboxylic acid groups (broad SMARTS) is 1. The molecule has 0 amide bonds. The smallest absolute Gasteiger partial charge is 0.325 e. The average Bonchev–Trinajstić information content (AvgIpc) is 2.56. The molecule has 132 valence electrons. The lowest BCUT2D eigenvalue weighted by Gasteiger charge is -2.16. The minimum atomic E-state index is -1.12. The zero-order chi connectivity index (χ0) is 17.7. The highest BCUT2D eigenvalue weighted by Gasteiger charge is 2.19. The lowest BCUT2D eigenvalue weighted by atomic mass is 9.91. The molecular formula is C20H22ClNO3. The molecule has 0 heterocycles. The largest absolute Gasteiger partial charge is 0.508 e. The van der Waals surface area contributed by atoms with E-state index in [0.29, 0.717) is 18.4 Å². The standard InChI is InChI=1S/C20H21NO3.ClH/c1-3-5-13-7-9-16(19(21)20(23)24)17(11-13)14-8-10-18(22)15(12-14)6-4-2;/h3-4,7-12,19,22H,1-2,5-6,21H2,(H,23,24);1H. The second kappa shape index (κ2) is 9.06. The predicted octanol–water partition coefficient (Wildman–Crippen LogP) is 4.02. The predicted molar refractivity (Wildman–Crippen MR) is 103 cm³/mol. The lowest BCUT2D eigenvalue weighted by Crippen LogP contribution is -2.21. The van der Waals surface area contributed by atoms with E-state index in [4.69, 9.17) is 5.73 Å². The van der Waals surface area contributed by atoms with E-state index < -0.39 is 12.0 Å². The van der Waals surface area contributed by atoms with Crippen molar-refractivity contribution in [1.29, 1.82) is 0 Å². The third-order valence-corrected chi connectivity index (χ3v) is 3.85. The van der Waals surface area contributed by atoms with Crippen LogP contribution in [0.3, 0.4) is 0 Å². The molecule has 0 radical (unpaired) electrons. The van der Waals surface area contributed by atoms with Gasteiger partial charge < -0.3 is 15.9 Å². The van der Waals surface area contributed by atoms with E-state index in [1.807, 2.05) is 18.2 Å². The van der Waals surface area contributed by atoms with Gasteiger partial charge >= 0.3 is 5.97 Å². The van der Waals surface area contributed by atoms with Gasteiger partial charge in [-0.05, 0) is 52.8 Å². The molecule has 1 atom stereocenters. The number of carboxylic acids is 1. The fourth-order valence-electron chi connectivity index (χ4n) is 2.62. The van der Waals surface area contributed by atoms with Crippen LogP contribution in [0.5, 0.6) is 5.75 Å². The Hall–Kier alpha value is -2.56. The summed E-state index contributed by atoms with van der Waals surface area (Å²) in [4.78, 5) is 11.3. The van der Waals surface area contributed by atoms with Crippen molar-refractivity contribution in [2.75, 3.05) is 0 Å². The Bertz CT molecular complexity index is 787. The first-order valence-electron chi connectivity index (χ1n) is 7.63. The Kier molecular flexibility index (Phi) is 7.43. The van der Waals surface area contributed by atoms with Crippen LogP contribution in [-0.2, 0) is 17.6 Å². The van der Waals surface area contributed by atoms with Crippen LogP contribution in [0.1, 0.15) is 22.7 Å². The van der Waals surface area contributed by atoms with Crippen molar-refractivity contribution in [3.05, 3.63) is 78.4 Å². The quantitative estimate of drug-likeness (QED) is 0.652. The van der Waals surface area contributed by atoms with Crippen molar-refractivity contribution in [2.24, 2.45) is 5.73 Å². The van der Waals surface area contributed by atoms with Crippen LogP contribution in [0.25, 0.3) is 11.1 Å². The number of phenolic OH excluding ortho intramolecular Hbond substituents is 1. The number of allylic oxidation sites excluding steroid dienone is 2. The van der Waals surface area contributed by atoms with Crippen LogP contribution in [0, 0.1) is 0 Å². The Morgan fingerprint density at radius 3 is 2.40 bits per heavy atom. The molecule has 2 aromatic carbocycles. The Balaban J connectivity index is 0.00000312. The number of rotatable bonds is 7. The van der Waals surface area contributed by atoms with E-state index in [1.54, 1.807) is 30.4 Å². The molecular weight excluding hydrogens is 338 g/mol. The minimum absolute atomic E-state index is 0. The number of benzene rings is 2. The molecule has 0 aliphatic rings. The van der Waals surface area contributed by atoms with E-state index >= 15 is 0 Å². The minimum Gasteiger partial charge on any atom is -0.508 e. The van der Waals surface area contributed by atoms with E-state index in [1.165, 1.54) is 0 Å². The number of hydrogen-bond acceptors (Lipinski definition) is 3. The van der Waals surface area contributed by atoms with E-state index in [0.717, 1.165) is 22.3 Å². The van der Waals surface area contributed by atoms with E-state index in [-0.39, 0.29) is 18.2 Å². The summed E-state index contributed by atoms with van der Waals surface area (Å²) in [6, 6.07) is 9.60. The second-order valence-corrected chi connectivity index (χ2v) is 5.57. The monoisotopic (exact) mass is 359 g/mol. The van der Waals surface area contributed by atoms with Crippen LogP contribution in [0.15, 0.2) is 61.7 Å². The first-order chi connectivity index (χ1) is 11.5. The highest BCUT2D eigenvalue weighted by Crippen LogP contribution is 2.32. The molecule has 1 unspecified atom stereocenters. The fourth-order valence-corrected chi connectivity index (χ4v) is 2.62. The van der Waals surface area contributed by atoms with E-state index in [9.17, 15) is 15.0 Å². The maximum atomic E-state index is 11.3. The third-order valence-electron chi connectivity index (χ3n) is 3.85. The molecule has 4 nitrogen and oxygen atoms in total. The first-order valence-corrected chi connectivity index (χ1v) is 7.63. The van der Waals surface area contributed by atoms with Crippen LogP contribution in [-0.4, -0.2) is 16.2 Å². The summed E-state index contributed by atoms with van der Waals surface area (Å²) < 4.78 is 0. The highest BCUT2D eigenvalue weighted by atomic mass is 35.5. The van der Waals surface area contributed by atoms with Crippen LogP contribution >= 0.6 is 12.4 Å². The van der Waals surface area contributed by atoms with Gasteiger partial charge in [-0.15, -0.1) is 25.6 Å². The van der Waals surface area contributed by atoms with Gasteiger partial charge in [-0.25, -0.2) is 0 Å². The molecule has 4 N–H and O–H groups in total. The maximum absolute atomic E-state index is 11.3. The van der Waals surface area contributed by atoms with Gasteiger partial charge in [0.25, 0.3) is 0 Å². The second-order valence-electron chi connectivity index (χ2n) is 5.57. The number of hydrogen-bond donors (Lipinski definition) is 3. The third kappa shape index (κ3) is 4.72. The molecule has 25 heavy (non-hydrogen) atoms. The van der Waals surface area contributed by atoms with E-state index in [2.05, 4.69) is 13.2 Å². The molecule has 0 aliphatic carbocycles. The van der Waals surface area contributed by atoms with Gasteiger partial charge in [0.15, 0.2) is 0 Å². The average molecular weight is 360 g/mol. The Labute approximate surface area is 153 Å². The molecule has 2 rings (SSSR count). The fraction of sp³-hybridized carbons (Fsp3) is 0.150.